The fourth-order valence-electron chi connectivity index (χ4n) is 2.10. The quantitative estimate of drug-likeness (QED) is 0.826. The molecule has 1 aliphatic heterocycles. The molecule has 0 unspecified atom stereocenters. The highest BCUT2D eigenvalue weighted by Gasteiger charge is 2.22. The molecule has 1 aliphatic rings. The van der Waals surface area contributed by atoms with Gasteiger partial charge in [-0.05, 0) is 18.8 Å². The molecule has 1 aromatic heterocycles. The maximum absolute atomic E-state index is 11.0. The first-order valence-corrected chi connectivity index (χ1v) is 5.94. The van der Waals surface area contributed by atoms with Crippen LogP contribution in [0.5, 0.6) is 0 Å². The lowest BCUT2D eigenvalue weighted by atomic mass is 10.0. The van der Waals surface area contributed by atoms with Gasteiger partial charge in [-0.3, -0.25) is 0 Å². The number of carbonyl (C=O) groups is 1. The number of hydrogen-bond acceptors (Lipinski definition) is 5. The van der Waals surface area contributed by atoms with Crippen molar-refractivity contribution >= 4 is 5.97 Å². The number of nitrogens with zero attached hydrogens (tertiary/aromatic N) is 3. The van der Waals surface area contributed by atoms with Gasteiger partial charge in [0.1, 0.15) is 0 Å². The van der Waals surface area contributed by atoms with Crippen LogP contribution in [0, 0.1) is 5.92 Å². The molecule has 0 radical (unpaired) electrons. The molecule has 1 aromatic rings. The fourth-order valence-corrected chi connectivity index (χ4v) is 2.10. The van der Waals surface area contributed by atoms with Crippen LogP contribution in [0.15, 0.2) is 0 Å². The number of aromatic nitrogens is 3. The summed E-state index contributed by atoms with van der Waals surface area (Å²) in [6.07, 6.45) is 1.93. The highest BCUT2D eigenvalue weighted by Crippen LogP contribution is 2.18. The molecule has 7 nitrogen and oxygen atoms in total. The number of ether oxygens (including phenoxy) is 2. The normalized spacial score (nSPS) is 16.9. The molecule has 7 heteroatoms. The van der Waals surface area contributed by atoms with Crippen molar-refractivity contribution in [3.05, 3.63) is 11.4 Å². The third-order valence-corrected chi connectivity index (χ3v) is 3.09. The molecule has 2 rings (SSSR count). The summed E-state index contributed by atoms with van der Waals surface area (Å²) in [7, 11) is 1.53. The fraction of sp³-hybridized carbons (Fsp3) is 0.727. The van der Waals surface area contributed by atoms with E-state index in [1.54, 1.807) is 4.68 Å². The molecule has 0 atom stereocenters. The van der Waals surface area contributed by atoms with E-state index < -0.39 is 5.97 Å². The molecule has 2 heterocycles. The van der Waals surface area contributed by atoms with Gasteiger partial charge in [-0.2, -0.15) is 0 Å². The molecule has 0 aromatic carbocycles. The van der Waals surface area contributed by atoms with E-state index in [1.165, 1.54) is 7.11 Å². The highest BCUT2D eigenvalue weighted by molar-refractivity contribution is 5.86. The Kier molecular flexibility index (Phi) is 4.27. The zero-order chi connectivity index (χ0) is 13.0. The van der Waals surface area contributed by atoms with E-state index >= 15 is 0 Å². The third kappa shape index (κ3) is 2.85. The number of aromatic carboxylic acids is 1. The minimum absolute atomic E-state index is 0.0242. The second-order valence-corrected chi connectivity index (χ2v) is 4.36. The van der Waals surface area contributed by atoms with Crippen molar-refractivity contribution in [2.75, 3.05) is 20.3 Å². The molecule has 1 N–H and O–H groups in total. The summed E-state index contributed by atoms with van der Waals surface area (Å²) in [5.41, 5.74) is 0.500. The molecule has 1 fully saturated rings. The topological polar surface area (TPSA) is 86.5 Å². The minimum Gasteiger partial charge on any atom is -0.476 e. The van der Waals surface area contributed by atoms with E-state index in [2.05, 4.69) is 10.3 Å². The smallest absolute Gasteiger partial charge is 0.358 e. The van der Waals surface area contributed by atoms with Gasteiger partial charge in [-0.15, -0.1) is 5.10 Å². The van der Waals surface area contributed by atoms with Gasteiger partial charge in [-0.1, -0.05) is 5.21 Å². The summed E-state index contributed by atoms with van der Waals surface area (Å²) in [5, 5.41) is 16.6. The van der Waals surface area contributed by atoms with Gasteiger partial charge >= 0.3 is 5.97 Å². The Hall–Kier alpha value is -1.47. The van der Waals surface area contributed by atoms with Crippen molar-refractivity contribution in [1.82, 2.24) is 15.0 Å². The number of hydrogen-bond donors (Lipinski definition) is 1. The minimum atomic E-state index is -1.07. The Labute approximate surface area is 105 Å². The van der Waals surface area contributed by atoms with Crippen molar-refractivity contribution in [3.8, 4) is 0 Å². The SMILES string of the molecule is COCc1c(C(=O)O)nnn1CC1CCOCC1. The number of carboxylic acids is 1. The van der Waals surface area contributed by atoms with E-state index in [-0.39, 0.29) is 12.3 Å². The first kappa shape index (κ1) is 13.0. The second-order valence-electron chi connectivity index (χ2n) is 4.36. The van der Waals surface area contributed by atoms with E-state index in [4.69, 9.17) is 14.6 Å². The summed E-state index contributed by atoms with van der Waals surface area (Å²) in [6, 6.07) is 0. The molecule has 100 valence electrons. The lowest BCUT2D eigenvalue weighted by molar-refractivity contribution is 0.0587. The van der Waals surface area contributed by atoms with Gasteiger partial charge in [0.15, 0.2) is 5.69 Å². The third-order valence-electron chi connectivity index (χ3n) is 3.09. The summed E-state index contributed by atoms with van der Waals surface area (Å²) in [6.45, 7) is 2.38. The van der Waals surface area contributed by atoms with E-state index in [1.807, 2.05) is 0 Å². The predicted octanol–water partition coefficient (Wildman–Crippen LogP) is 0.549. The van der Waals surface area contributed by atoms with E-state index in [0.29, 0.717) is 18.2 Å². The van der Waals surface area contributed by atoms with Crippen LogP contribution >= 0.6 is 0 Å². The van der Waals surface area contributed by atoms with Crippen LogP contribution in [0.4, 0.5) is 0 Å². The van der Waals surface area contributed by atoms with Crippen LogP contribution in [-0.2, 0) is 22.6 Å². The Morgan fingerprint density at radius 2 is 2.28 bits per heavy atom. The zero-order valence-corrected chi connectivity index (χ0v) is 10.3. The summed E-state index contributed by atoms with van der Waals surface area (Å²) in [5.74, 6) is -0.613. The lowest BCUT2D eigenvalue weighted by Crippen LogP contribution is -2.22. The summed E-state index contributed by atoms with van der Waals surface area (Å²) >= 11 is 0. The molecule has 0 spiro atoms. The van der Waals surface area contributed by atoms with Crippen LogP contribution < -0.4 is 0 Å². The lowest BCUT2D eigenvalue weighted by Gasteiger charge is -2.22. The van der Waals surface area contributed by atoms with Crippen LogP contribution in [0.25, 0.3) is 0 Å². The Balaban J connectivity index is 2.13. The number of carboxylic acid groups (broad SMARTS) is 1. The van der Waals surface area contributed by atoms with Gasteiger partial charge in [0.25, 0.3) is 0 Å². The van der Waals surface area contributed by atoms with Gasteiger partial charge in [0, 0.05) is 26.9 Å². The van der Waals surface area contributed by atoms with Crippen molar-refractivity contribution in [2.24, 2.45) is 5.92 Å². The average molecular weight is 255 g/mol. The second kappa shape index (κ2) is 5.92. The molecule has 0 saturated carbocycles. The van der Waals surface area contributed by atoms with Crippen molar-refractivity contribution in [3.63, 3.8) is 0 Å². The van der Waals surface area contributed by atoms with Crippen LogP contribution in [-0.4, -0.2) is 46.4 Å². The van der Waals surface area contributed by atoms with E-state index in [0.717, 1.165) is 26.1 Å². The maximum atomic E-state index is 11.0. The average Bonchev–Trinajstić information content (AvgIpc) is 2.74. The molecule has 0 amide bonds. The molecule has 1 saturated heterocycles. The summed E-state index contributed by atoms with van der Waals surface area (Å²) in [4.78, 5) is 11.0. The predicted molar refractivity (Wildman–Crippen MR) is 61.2 cm³/mol. The molecule has 18 heavy (non-hydrogen) atoms. The monoisotopic (exact) mass is 255 g/mol. The van der Waals surface area contributed by atoms with Crippen LogP contribution in [0.3, 0.4) is 0 Å². The van der Waals surface area contributed by atoms with Crippen LogP contribution in [0.2, 0.25) is 0 Å². The summed E-state index contributed by atoms with van der Waals surface area (Å²) < 4.78 is 12.0. The Morgan fingerprint density at radius 1 is 1.56 bits per heavy atom. The van der Waals surface area contributed by atoms with Crippen molar-refractivity contribution < 1.29 is 19.4 Å². The van der Waals surface area contributed by atoms with Gasteiger partial charge in [0.05, 0.1) is 12.3 Å². The van der Waals surface area contributed by atoms with Crippen molar-refractivity contribution in [1.29, 1.82) is 0 Å². The zero-order valence-electron chi connectivity index (χ0n) is 10.3. The Morgan fingerprint density at radius 3 is 2.89 bits per heavy atom. The maximum Gasteiger partial charge on any atom is 0.358 e. The largest absolute Gasteiger partial charge is 0.476 e. The van der Waals surface area contributed by atoms with Gasteiger partial charge < -0.3 is 14.6 Å². The first-order chi connectivity index (χ1) is 8.72. The number of rotatable bonds is 5. The van der Waals surface area contributed by atoms with Gasteiger partial charge in [0.2, 0.25) is 0 Å². The Bertz CT molecular complexity index is 412. The van der Waals surface area contributed by atoms with Crippen molar-refractivity contribution in [2.45, 2.75) is 26.0 Å². The van der Waals surface area contributed by atoms with Gasteiger partial charge in [-0.25, -0.2) is 9.48 Å². The molecular formula is C11H17N3O4. The first-order valence-electron chi connectivity index (χ1n) is 5.94. The molecule has 0 bridgehead atoms. The molecular weight excluding hydrogens is 238 g/mol. The molecule has 0 aliphatic carbocycles. The highest BCUT2D eigenvalue weighted by atomic mass is 16.5. The van der Waals surface area contributed by atoms with Crippen LogP contribution in [0.1, 0.15) is 29.0 Å². The standard InChI is InChI=1S/C11H17N3O4/c1-17-7-9-10(11(15)16)12-13-14(9)6-8-2-4-18-5-3-8/h8H,2-7H2,1H3,(H,15,16). The van der Waals surface area contributed by atoms with E-state index in [9.17, 15) is 4.79 Å². The number of methoxy groups -OCH3 is 1.